The Morgan fingerprint density at radius 1 is 1.04 bits per heavy atom. The second-order valence-electron chi connectivity index (χ2n) is 5.16. The number of fused-ring (bicyclic) bond motifs is 2. The van der Waals surface area contributed by atoms with Crippen molar-refractivity contribution in [2.75, 3.05) is 12.3 Å². The lowest BCUT2D eigenvalue weighted by Crippen LogP contribution is -2.04. The third-order valence-corrected chi connectivity index (χ3v) is 3.62. The van der Waals surface area contributed by atoms with Crippen LogP contribution < -0.4 is 10.5 Å². The van der Waals surface area contributed by atoms with Crippen molar-refractivity contribution < 1.29 is 4.74 Å². The average molecular weight is 318 g/mol. The van der Waals surface area contributed by atoms with Gasteiger partial charge in [-0.25, -0.2) is 9.97 Å². The zero-order valence-corrected chi connectivity index (χ0v) is 13.0. The number of nitrogen functional groups attached to an aromatic ring is 1. The molecule has 0 saturated heterocycles. The van der Waals surface area contributed by atoms with E-state index in [0.29, 0.717) is 29.3 Å². The Labute approximate surface area is 137 Å². The summed E-state index contributed by atoms with van der Waals surface area (Å²) in [4.78, 5) is 21.5. The molecule has 0 unspecified atom stereocenters. The topological polar surface area (TPSA) is 99.7 Å². The van der Waals surface area contributed by atoms with E-state index in [-0.39, 0.29) is 5.95 Å². The van der Waals surface area contributed by atoms with Gasteiger partial charge in [0.15, 0.2) is 11.2 Å². The molecule has 7 heteroatoms. The zero-order valence-electron chi connectivity index (χ0n) is 13.0. The Morgan fingerprint density at radius 3 is 2.79 bits per heavy atom. The van der Waals surface area contributed by atoms with Gasteiger partial charge in [0.05, 0.1) is 18.5 Å². The third-order valence-electron chi connectivity index (χ3n) is 3.62. The number of ether oxygens (including phenoxy) is 1. The summed E-state index contributed by atoms with van der Waals surface area (Å²) >= 11 is 0. The molecule has 0 aliphatic rings. The van der Waals surface area contributed by atoms with Crippen molar-refractivity contribution in [3.63, 3.8) is 0 Å². The Balaban J connectivity index is 1.97. The molecule has 0 aliphatic carbocycles. The minimum Gasteiger partial charge on any atom is -0.476 e. The van der Waals surface area contributed by atoms with Crippen LogP contribution in [0.3, 0.4) is 0 Å². The van der Waals surface area contributed by atoms with Crippen molar-refractivity contribution in [2.24, 2.45) is 0 Å². The fourth-order valence-corrected chi connectivity index (χ4v) is 2.59. The lowest BCUT2D eigenvalue weighted by molar-refractivity contribution is 0.330. The molecule has 0 spiro atoms. The van der Waals surface area contributed by atoms with Crippen LogP contribution in [0.1, 0.15) is 6.92 Å². The van der Waals surface area contributed by atoms with Gasteiger partial charge in [-0.1, -0.05) is 24.3 Å². The highest BCUT2D eigenvalue weighted by Gasteiger charge is 2.13. The Morgan fingerprint density at radius 2 is 1.92 bits per heavy atom. The molecule has 0 radical (unpaired) electrons. The lowest BCUT2D eigenvalue weighted by Gasteiger charge is -2.08. The predicted octanol–water partition coefficient (Wildman–Crippen LogP) is 2.62. The standard InChI is InChI=1S/C17H14N6O/c1-2-24-16-14-15(22-17(18)23-16)20-9-13(21-14)12-8-19-7-10-5-3-4-6-11(10)12/h3-9H,2H2,1H3,(H2,18,20,22,23). The van der Waals surface area contributed by atoms with E-state index in [9.17, 15) is 0 Å². The highest BCUT2D eigenvalue weighted by molar-refractivity contribution is 5.95. The van der Waals surface area contributed by atoms with Crippen LogP contribution in [0.4, 0.5) is 5.95 Å². The van der Waals surface area contributed by atoms with E-state index in [1.807, 2.05) is 37.4 Å². The van der Waals surface area contributed by atoms with Gasteiger partial charge in [-0.2, -0.15) is 9.97 Å². The van der Waals surface area contributed by atoms with E-state index in [2.05, 4.69) is 24.9 Å². The molecule has 0 saturated carbocycles. The van der Waals surface area contributed by atoms with E-state index in [1.165, 1.54) is 0 Å². The maximum Gasteiger partial charge on any atom is 0.247 e. The van der Waals surface area contributed by atoms with Gasteiger partial charge < -0.3 is 10.5 Å². The maximum atomic E-state index is 5.70. The molecule has 0 amide bonds. The monoisotopic (exact) mass is 318 g/mol. The van der Waals surface area contributed by atoms with Gasteiger partial charge in [0.25, 0.3) is 0 Å². The van der Waals surface area contributed by atoms with Crippen molar-refractivity contribution >= 4 is 27.9 Å². The molecular formula is C17H14N6O. The van der Waals surface area contributed by atoms with Crippen LogP contribution in [0.2, 0.25) is 0 Å². The number of anilines is 1. The van der Waals surface area contributed by atoms with Crippen molar-refractivity contribution in [2.45, 2.75) is 6.92 Å². The molecule has 3 heterocycles. The number of rotatable bonds is 3. The Bertz CT molecular complexity index is 1040. The summed E-state index contributed by atoms with van der Waals surface area (Å²) in [7, 11) is 0. The van der Waals surface area contributed by atoms with Gasteiger partial charge in [0.2, 0.25) is 11.8 Å². The molecular weight excluding hydrogens is 304 g/mol. The van der Waals surface area contributed by atoms with Crippen molar-refractivity contribution in [1.82, 2.24) is 24.9 Å². The van der Waals surface area contributed by atoms with Crippen molar-refractivity contribution in [3.8, 4) is 17.1 Å². The average Bonchev–Trinajstić information content (AvgIpc) is 2.61. The summed E-state index contributed by atoms with van der Waals surface area (Å²) in [5, 5.41) is 2.09. The highest BCUT2D eigenvalue weighted by atomic mass is 16.5. The summed E-state index contributed by atoms with van der Waals surface area (Å²) in [6.07, 6.45) is 5.26. The molecule has 0 atom stereocenters. The van der Waals surface area contributed by atoms with Crippen LogP contribution in [-0.4, -0.2) is 31.5 Å². The first kappa shape index (κ1) is 14.3. The van der Waals surface area contributed by atoms with Gasteiger partial charge in [-0.05, 0) is 12.3 Å². The van der Waals surface area contributed by atoms with Gasteiger partial charge >= 0.3 is 0 Å². The largest absolute Gasteiger partial charge is 0.476 e. The number of hydrogen-bond acceptors (Lipinski definition) is 7. The molecule has 3 aromatic heterocycles. The Hall–Kier alpha value is -3.35. The Kier molecular flexibility index (Phi) is 3.38. The summed E-state index contributed by atoms with van der Waals surface area (Å²) in [6, 6.07) is 8.00. The molecule has 7 nitrogen and oxygen atoms in total. The van der Waals surface area contributed by atoms with Crippen LogP contribution in [-0.2, 0) is 0 Å². The lowest BCUT2D eigenvalue weighted by atomic mass is 10.1. The molecule has 0 fully saturated rings. The first-order chi connectivity index (χ1) is 11.8. The van der Waals surface area contributed by atoms with Gasteiger partial charge in [0.1, 0.15) is 0 Å². The predicted molar refractivity (Wildman–Crippen MR) is 91.4 cm³/mol. The second kappa shape index (κ2) is 5.69. The minimum absolute atomic E-state index is 0.111. The number of benzene rings is 1. The zero-order chi connectivity index (χ0) is 16.5. The van der Waals surface area contributed by atoms with Crippen LogP contribution in [0, 0.1) is 0 Å². The summed E-state index contributed by atoms with van der Waals surface area (Å²) in [5.41, 5.74) is 8.16. The normalized spacial score (nSPS) is 11.0. The van der Waals surface area contributed by atoms with E-state index in [4.69, 9.17) is 10.5 Å². The molecule has 118 valence electrons. The first-order valence-corrected chi connectivity index (χ1v) is 7.52. The minimum atomic E-state index is 0.111. The van der Waals surface area contributed by atoms with E-state index in [1.54, 1.807) is 12.4 Å². The third kappa shape index (κ3) is 2.36. The second-order valence-corrected chi connectivity index (χ2v) is 5.16. The van der Waals surface area contributed by atoms with Crippen molar-refractivity contribution in [3.05, 3.63) is 42.9 Å². The summed E-state index contributed by atoms with van der Waals surface area (Å²) in [5.74, 6) is 0.447. The van der Waals surface area contributed by atoms with Crippen LogP contribution in [0.5, 0.6) is 5.88 Å². The summed E-state index contributed by atoms with van der Waals surface area (Å²) < 4.78 is 5.53. The number of aromatic nitrogens is 5. The van der Waals surface area contributed by atoms with Gasteiger partial charge in [-0.15, -0.1) is 0 Å². The molecule has 4 rings (SSSR count). The first-order valence-electron chi connectivity index (χ1n) is 7.52. The highest BCUT2D eigenvalue weighted by Crippen LogP contribution is 2.28. The molecule has 1 aromatic carbocycles. The molecule has 4 aromatic rings. The number of hydrogen-bond donors (Lipinski definition) is 1. The molecule has 2 N–H and O–H groups in total. The van der Waals surface area contributed by atoms with Gasteiger partial charge in [-0.3, -0.25) is 4.98 Å². The fourth-order valence-electron chi connectivity index (χ4n) is 2.59. The summed E-state index contributed by atoms with van der Waals surface area (Å²) in [6.45, 7) is 2.32. The number of nitrogens with two attached hydrogens (primary N) is 1. The van der Waals surface area contributed by atoms with Gasteiger partial charge in [0, 0.05) is 23.3 Å². The number of nitrogens with zero attached hydrogens (tertiary/aromatic N) is 5. The van der Waals surface area contributed by atoms with Crippen molar-refractivity contribution in [1.29, 1.82) is 0 Å². The smallest absolute Gasteiger partial charge is 0.247 e. The number of pyridine rings is 1. The quantitative estimate of drug-likeness (QED) is 0.619. The molecule has 24 heavy (non-hydrogen) atoms. The van der Waals surface area contributed by atoms with E-state index in [0.717, 1.165) is 16.3 Å². The molecule has 0 bridgehead atoms. The SMILES string of the molecule is CCOc1nc(N)nc2ncc(-c3cncc4ccccc34)nc12. The van der Waals surface area contributed by atoms with Crippen LogP contribution in [0.15, 0.2) is 42.9 Å². The van der Waals surface area contributed by atoms with E-state index >= 15 is 0 Å². The molecule has 0 aliphatic heterocycles. The fraction of sp³-hybridized carbons (Fsp3) is 0.118. The van der Waals surface area contributed by atoms with Crippen LogP contribution >= 0.6 is 0 Å². The van der Waals surface area contributed by atoms with Crippen LogP contribution in [0.25, 0.3) is 33.2 Å². The maximum absolute atomic E-state index is 5.70. The van der Waals surface area contributed by atoms with E-state index < -0.39 is 0 Å².